The summed E-state index contributed by atoms with van der Waals surface area (Å²) in [4.78, 5) is 0. The molecular weight excluding hydrogens is 204 g/mol. The minimum absolute atomic E-state index is 0.808. The van der Waals surface area contributed by atoms with Crippen LogP contribution in [-0.2, 0) is 6.42 Å². The summed E-state index contributed by atoms with van der Waals surface area (Å²) >= 11 is 0. The Hall–Kier alpha value is -1.30. The maximum absolute atomic E-state index is 3.96. The molecule has 1 atom stereocenters. The minimum Gasteiger partial charge on any atom is -0.100 e. The second-order valence-corrected chi connectivity index (χ2v) is 5.21. The molecular formula is C17H22. The summed E-state index contributed by atoms with van der Waals surface area (Å²) in [6.07, 6.45) is 8.63. The summed E-state index contributed by atoms with van der Waals surface area (Å²) < 4.78 is 0. The van der Waals surface area contributed by atoms with E-state index in [0.29, 0.717) is 0 Å². The number of allylic oxidation sites excluding steroid dienone is 3. The second kappa shape index (κ2) is 5.86. The standard InChI is InChI=1S/C17H22/c1-14(2)7-6-10-16-11-12-17(16)13-15-8-4-3-5-9-15/h3-5,8-9,11,17H,1,6-7,10,12-13H2,2H3. The quantitative estimate of drug-likeness (QED) is 0.604. The molecule has 0 fully saturated rings. The van der Waals surface area contributed by atoms with Crippen molar-refractivity contribution < 1.29 is 0 Å². The molecule has 1 aliphatic carbocycles. The zero-order valence-electron chi connectivity index (χ0n) is 10.8. The van der Waals surface area contributed by atoms with Crippen LogP contribution in [0.3, 0.4) is 0 Å². The maximum atomic E-state index is 3.96. The highest BCUT2D eigenvalue weighted by Gasteiger charge is 2.20. The fraction of sp³-hybridized carbons (Fsp3) is 0.412. The molecule has 0 saturated carbocycles. The summed E-state index contributed by atoms with van der Waals surface area (Å²) in [5, 5.41) is 0. The molecule has 0 amide bonds. The first-order valence-electron chi connectivity index (χ1n) is 6.63. The predicted molar refractivity (Wildman–Crippen MR) is 75.0 cm³/mol. The first kappa shape index (κ1) is 12.2. The Balaban J connectivity index is 1.77. The van der Waals surface area contributed by atoms with Gasteiger partial charge in [-0.1, -0.05) is 47.6 Å². The van der Waals surface area contributed by atoms with Gasteiger partial charge in [0.25, 0.3) is 0 Å². The van der Waals surface area contributed by atoms with Gasteiger partial charge in [-0.3, -0.25) is 0 Å². The normalized spacial score (nSPS) is 18.4. The van der Waals surface area contributed by atoms with Gasteiger partial charge < -0.3 is 0 Å². The Morgan fingerprint density at radius 1 is 1.29 bits per heavy atom. The third kappa shape index (κ3) is 3.59. The summed E-state index contributed by atoms with van der Waals surface area (Å²) in [6, 6.07) is 10.8. The van der Waals surface area contributed by atoms with Crippen LogP contribution in [0.15, 0.2) is 54.1 Å². The molecule has 1 aromatic rings. The summed E-state index contributed by atoms with van der Waals surface area (Å²) in [5.74, 6) is 0.808. The second-order valence-electron chi connectivity index (χ2n) is 5.21. The van der Waals surface area contributed by atoms with Crippen molar-refractivity contribution in [1.82, 2.24) is 0 Å². The van der Waals surface area contributed by atoms with E-state index in [1.165, 1.54) is 43.2 Å². The average molecular weight is 226 g/mol. The van der Waals surface area contributed by atoms with Crippen molar-refractivity contribution in [1.29, 1.82) is 0 Å². The zero-order chi connectivity index (χ0) is 12.1. The van der Waals surface area contributed by atoms with Gasteiger partial charge in [0.05, 0.1) is 0 Å². The number of rotatable bonds is 6. The van der Waals surface area contributed by atoms with Crippen molar-refractivity contribution in [3.8, 4) is 0 Å². The van der Waals surface area contributed by atoms with Gasteiger partial charge >= 0.3 is 0 Å². The molecule has 1 aliphatic rings. The molecule has 17 heavy (non-hydrogen) atoms. The Labute approximate surface area is 105 Å². The van der Waals surface area contributed by atoms with E-state index in [0.717, 1.165) is 5.92 Å². The molecule has 0 aromatic heterocycles. The van der Waals surface area contributed by atoms with Gasteiger partial charge in [-0.15, -0.1) is 6.58 Å². The van der Waals surface area contributed by atoms with Crippen molar-refractivity contribution in [2.75, 3.05) is 0 Å². The fourth-order valence-corrected chi connectivity index (χ4v) is 2.46. The van der Waals surface area contributed by atoms with Crippen LogP contribution in [-0.4, -0.2) is 0 Å². The van der Waals surface area contributed by atoms with Crippen LogP contribution in [0.2, 0.25) is 0 Å². The maximum Gasteiger partial charge on any atom is -0.0128 e. The Kier molecular flexibility index (Phi) is 4.19. The van der Waals surface area contributed by atoms with Crippen LogP contribution in [0.5, 0.6) is 0 Å². The molecule has 90 valence electrons. The largest absolute Gasteiger partial charge is 0.100 e. The fourth-order valence-electron chi connectivity index (χ4n) is 2.46. The van der Waals surface area contributed by atoms with Gasteiger partial charge in [0.1, 0.15) is 0 Å². The first-order valence-corrected chi connectivity index (χ1v) is 6.63. The monoisotopic (exact) mass is 226 g/mol. The summed E-state index contributed by atoms with van der Waals surface area (Å²) in [7, 11) is 0. The molecule has 0 heterocycles. The number of benzene rings is 1. The highest BCUT2D eigenvalue weighted by molar-refractivity contribution is 5.24. The lowest BCUT2D eigenvalue weighted by molar-refractivity contribution is 0.524. The van der Waals surface area contributed by atoms with E-state index >= 15 is 0 Å². The first-order chi connectivity index (χ1) is 8.25. The van der Waals surface area contributed by atoms with Gasteiger partial charge in [-0.2, -0.15) is 0 Å². The molecule has 0 nitrogen and oxygen atoms in total. The van der Waals surface area contributed by atoms with E-state index in [1.54, 1.807) is 5.57 Å². The Morgan fingerprint density at radius 2 is 2.06 bits per heavy atom. The molecule has 1 aromatic carbocycles. The van der Waals surface area contributed by atoms with Crippen molar-refractivity contribution in [3.63, 3.8) is 0 Å². The minimum atomic E-state index is 0.808. The van der Waals surface area contributed by atoms with Crippen LogP contribution in [0, 0.1) is 5.92 Å². The molecule has 0 radical (unpaired) electrons. The van der Waals surface area contributed by atoms with E-state index in [1.807, 2.05) is 0 Å². The van der Waals surface area contributed by atoms with Crippen molar-refractivity contribution in [2.24, 2.45) is 5.92 Å². The third-order valence-corrected chi connectivity index (χ3v) is 3.58. The Bertz CT molecular complexity index is 397. The highest BCUT2D eigenvalue weighted by atomic mass is 14.3. The van der Waals surface area contributed by atoms with E-state index in [-0.39, 0.29) is 0 Å². The number of hydrogen-bond donors (Lipinski definition) is 0. The lowest BCUT2D eigenvalue weighted by atomic mass is 9.78. The van der Waals surface area contributed by atoms with E-state index < -0.39 is 0 Å². The van der Waals surface area contributed by atoms with Crippen molar-refractivity contribution >= 4 is 0 Å². The SMILES string of the molecule is C=C(C)CCCC1=CCC1Cc1ccccc1. The zero-order valence-corrected chi connectivity index (χ0v) is 10.8. The lowest BCUT2D eigenvalue weighted by Crippen LogP contribution is -2.15. The molecule has 1 unspecified atom stereocenters. The molecule has 0 aliphatic heterocycles. The number of hydrogen-bond acceptors (Lipinski definition) is 0. The summed E-state index contributed by atoms with van der Waals surface area (Å²) in [6.45, 7) is 6.08. The van der Waals surface area contributed by atoms with Gasteiger partial charge in [0.2, 0.25) is 0 Å². The Morgan fingerprint density at radius 3 is 2.65 bits per heavy atom. The molecule has 0 saturated heterocycles. The van der Waals surface area contributed by atoms with Crippen LogP contribution in [0.25, 0.3) is 0 Å². The summed E-state index contributed by atoms with van der Waals surface area (Å²) in [5.41, 5.74) is 4.46. The van der Waals surface area contributed by atoms with Crippen LogP contribution >= 0.6 is 0 Å². The molecule has 2 rings (SSSR count). The van der Waals surface area contributed by atoms with Gasteiger partial charge in [0, 0.05) is 0 Å². The van der Waals surface area contributed by atoms with Crippen LogP contribution in [0.1, 0.15) is 38.2 Å². The van der Waals surface area contributed by atoms with Crippen molar-refractivity contribution in [2.45, 2.75) is 39.0 Å². The average Bonchev–Trinajstić information content (AvgIpc) is 2.31. The highest BCUT2D eigenvalue weighted by Crippen LogP contribution is 2.34. The molecule has 0 spiro atoms. The van der Waals surface area contributed by atoms with Crippen molar-refractivity contribution in [3.05, 3.63) is 59.7 Å². The van der Waals surface area contributed by atoms with Gasteiger partial charge in [-0.25, -0.2) is 0 Å². The predicted octanol–water partition coefficient (Wildman–Crippen LogP) is 4.92. The smallest absolute Gasteiger partial charge is 0.0128 e. The third-order valence-electron chi connectivity index (χ3n) is 3.58. The molecule has 0 bridgehead atoms. The lowest BCUT2D eigenvalue weighted by Gasteiger charge is -2.27. The topological polar surface area (TPSA) is 0 Å². The van der Waals surface area contributed by atoms with E-state index in [9.17, 15) is 0 Å². The van der Waals surface area contributed by atoms with Gasteiger partial charge in [-0.05, 0) is 50.5 Å². The molecule has 0 heteroatoms. The van der Waals surface area contributed by atoms with Gasteiger partial charge in [0.15, 0.2) is 0 Å². The van der Waals surface area contributed by atoms with E-state index in [2.05, 4.69) is 49.9 Å². The van der Waals surface area contributed by atoms with Crippen LogP contribution < -0.4 is 0 Å². The molecule has 0 N–H and O–H groups in total. The van der Waals surface area contributed by atoms with Crippen LogP contribution in [0.4, 0.5) is 0 Å². The van der Waals surface area contributed by atoms with E-state index in [4.69, 9.17) is 0 Å².